The van der Waals surface area contributed by atoms with E-state index in [4.69, 9.17) is 0 Å². The molecule has 0 aromatic heterocycles. The van der Waals surface area contributed by atoms with E-state index in [1.807, 2.05) is 7.05 Å². The van der Waals surface area contributed by atoms with Crippen LogP contribution in [0.2, 0.25) is 0 Å². The first-order valence-electron chi connectivity index (χ1n) is 6.26. The lowest BCUT2D eigenvalue weighted by molar-refractivity contribution is 0.528. The summed E-state index contributed by atoms with van der Waals surface area (Å²) >= 11 is 0. The molecule has 2 N–H and O–H groups in total. The first-order chi connectivity index (χ1) is 7.15. The molecule has 1 saturated carbocycles. The molecule has 15 heavy (non-hydrogen) atoms. The summed E-state index contributed by atoms with van der Waals surface area (Å²) in [7, 11) is 2.01. The molecular formula is C13H26N2. The Morgan fingerprint density at radius 1 is 1.27 bits per heavy atom. The molecule has 0 aliphatic heterocycles. The van der Waals surface area contributed by atoms with Gasteiger partial charge in [0.15, 0.2) is 0 Å². The molecule has 0 heterocycles. The van der Waals surface area contributed by atoms with Gasteiger partial charge in [-0.3, -0.25) is 0 Å². The van der Waals surface area contributed by atoms with Gasteiger partial charge >= 0.3 is 0 Å². The average Bonchev–Trinajstić information content (AvgIpc) is 2.66. The summed E-state index contributed by atoms with van der Waals surface area (Å²) in [5, 5.41) is 6.97. The Morgan fingerprint density at radius 2 is 1.87 bits per heavy atom. The highest BCUT2D eigenvalue weighted by atomic mass is 14.9. The summed E-state index contributed by atoms with van der Waals surface area (Å²) in [6, 6.07) is 0.731. The van der Waals surface area contributed by atoms with E-state index in [0.29, 0.717) is 5.92 Å². The van der Waals surface area contributed by atoms with Gasteiger partial charge in [0.25, 0.3) is 0 Å². The first-order valence-corrected chi connectivity index (χ1v) is 6.26. The summed E-state index contributed by atoms with van der Waals surface area (Å²) in [5.74, 6) is 0.610. The maximum Gasteiger partial charge on any atom is 0.0258 e. The minimum absolute atomic E-state index is 0.610. The first kappa shape index (κ1) is 12.6. The molecule has 2 heteroatoms. The van der Waals surface area contributed by atoms with Crippen molar-refractivity contribution in [2.45, 2.75) is 52.5 Å². The molecule has 0 aromatic carbocycles. The molecule has 0 bridgehead atoms. The maximum absolute atomic E-state index is 3.74. The lowest BCUT2D eigenvalue weighted by Gasteiger charge is -2.22. The maximum atomic E-state index is 3.74. The van der Waals surface area contributed by atoms with Crippen molar-refractivity contribution in [2.24, 2.45) is 5.92 Å². The van der Waals surface area contributed by atoms with E-state index in [2.05, 4.69) is 31.4 Å². The Labute approximate surface area is 94.5 Å². The largest absolute Gasteiger partial charge is 0.385 e. The average molecular weight is 210 g/mol. The van der Waals surface area contributed by atoms with Gasteiger partial charge in [-0.2, -0.15) is 0 Å². The van der Waals surface area contributed by atoms with Crippen molar-refractivity contribution in [3.63, 3.8) is 0 Å². The van der Waals surface area contributed by atoms with Gasteiger partial charge in [0.05, 0.1) is 0 Å². The fourth-order valence-electron chi connectivity index (χ4n) is 2.43. The molecule has 1 rings (SSSR count). The molecule has 88 valence electrons. The van der Waals surface area contributed by atoms with Crippen molar-refractivity contribution in [3.05, 3.63) is 11.3 Å². The van der Waals surface area contributed by atoms with Gasteiger partial charge in [0, 0.05) is 18.3 Å². The molecule has 0 amide bonds. The van der Waals surface area contributed by atoms with Gasteiger partial charge in [-0.15, -0.1) is 0 Å². The van der Waals surface area contributed by atoms with Crippen molar-refractivity contribution < 1.29 is 0 Å². The lowest BCUT2D eigenvalue weighted by atomic mass is 10.0. The molecular weight excluding hydrogens is 184 g/mol. The van der Waals surface area contributed by atoms with Crippen molar-refractivity contribution in [2.75, 3.05) is 13.6 Å². The third-order valence-corrected chi connectivity index (χ3v) is 3.19. The summed E-state index contributed by atoms with van der Waals surface area (Å²) in [4.78, 5) is 0. The van der Waals surface area contributed by atoms with Gasteiger partial charge in [-0.25, -0.2) is 0 Å². The summed E-state index contributed by atoms with van der Waals surface area (Å²) in [6.07, 6.45) is 5.49. The number of allylic oxidation sites excluding steroid dienone is 1. The van der Waals surface area contributed by atoms with E-state index in [1.165, 1.54) is 37.0 Å². The van der Waals surface area contributed by atoms with E-state index in [1.54, 1.807) is 0 Å². The van der Waals surface area contributed by atoms with Crippen molar-refractivity contribution in [3.8, 4) is 0 Å². The molecule has 1 aliphatic carbocycles. The van der Waals surface area contributed by atoms with Gasteiger partial charge in [0.2, 0.25) is 0 Å². The number of hydrogen-bond donors (Lipinski definition) is 2. The molecule has 1 aliphatic rings. The van der Waals surface area contributed by atoms with Gasteiger partial charge in [0.1, 0.15) is 0 Å². The molecule has 0 unspecified atom stereocenters. The van der Waals surface area contributed by atoms with Gasteiger partial charge < -0.3 is 10.6 Å². The van der Waals surface area contributed by atoms with Crippen LogP contribution in [0.4, 0.5) is 0 Å². The minimum Gasteiger partial charge on any atom is -0.385 e. The third kappa shape index (κ3) is 3.86. The van der Waals surface area contributed by atoms with Crippen molar-refractivity contribution in [1.29, 1.82) is 0 Å². The topological polar surface area (TPSA) is 24.1 Å². The second kappa shape index (κ2) is 6.16. The van der Waals surface area contributed by atoms with Crippen LogP contribution in [0.15, 0.2) is 11.3 Å². The summed E-state index contributed by atoms with van der Waals surface area (Å²) in [6.45, 7) is 7.77. The second-order valence-corrected chi connectivity index (χ2v) is 5.00. The van der Waals surface area contributed by atoms with E-state index >= 15 is 0 Å². The monoisotopic (exact) mass is 210 g/mol. The van der Waals surface area contributed by atoms with E-state index < -0.39 is 0 Å². The van der Waals surface area contributed by atoms with Crippen LogP contribution < -0.4 is 10.6 Å². The second-order valence-electron chi connectivity index (χ2n) is 5.00. The van der Waals surface area contributed by atoms with E-state index in [0.717, 1.165) is 12.6 Å². The van der Waals surface area contributed by atoms with Crippen molar-refractivity contribution in [1.82, 2.24) is 10.6 Å². The quantitative estimate of drug-likeness (QED) is 0.729. The predicted octanol–water partition coefficient (Wildman–Crippen LogP) is 2.67. The Balaban J connectivity index is 2.60. The molecule has 2 nitrogen and oxygen atoms in total. The Kier molecular flexibility index (Phi) is 5.16. The Morgan fingerprint density at radius 3 is 2.33 bits per heavy atom. The van der Waals surface area contributed by atoms with Gasteiger partial charge in [-0.1, -0.05) is 26.7 Å². The lowest BCUT2D eigenvalue weighted by Crippen LogP contribution is -2.30. The molecule has 0 atom stereocenters. The standard InChI is InChI=1S/C13H26N2/c1-10(2)13(11(3)9-14-4)15-12-7-5-6-8-12/h10,12,14-15H,5-9H2,1-4H3/b13-11-. The highest BCUT2D eigenvalue weighted by Crippen LogP contribution is 2.21. The molecule has 0 radical (unpaired) electrons. The SMILES string of the molecule is CNC/C(C)=C(\NC1CCCC1)C(C)C. The van der Waals surface area contributed by atoms with Crippen LogP contribution in [-0.4, -0.2) is 19.6 Å². The fourth-order valence-corrected chi connectivity index (χ4v) is 2.43. The highest BCUT2D eigenvalue weighted by molar-refractivity contribution is 5.15. The predicted molar refractivity (Wildman–Crippen MR) is 66.9 cm³/mol. The highest BCUT2D eigenvalue weighted by Gasteiger charge is 2.17. The molecule has 0 aromatic rings. The van der Waals surface area contributed by atoms with Gasteiger partial charge in [-0.05, 0) is 38.3 Å². The molecule has 0 saturated heterocycles. The molecule has 0 spiro atoms. The van der Waals surface area contributed by atoms with E-state index in [-0.39, 0.29) is 0 Å². The molecule has 1 fully saturated rings. The summed E-state index contributed by atoms with van der Waals surface area (Å²) < 4.78 is 0. The zero-order valence-electron chi connectivity index (χ0n) is 10.7. The number of likely N-dealkylation sites (N-methyl/N-ethyl adjacent to an activating group) is 1. The van der Waals surface area contributed by atoms with E-state index in [9.17, 15) is 0 Å². The van der Waals surface area contributed by atoms with Crippen molar-refractivity contribution >= 4 is 0 Å². The summed E-state index contributed by atoms with van der Waals surface area (Å²) in [5.41, 5.74) is 2.91. The van der Waals surface area contributed by atoms with Crippen LogP contribution in [0.25, 0.3) is 0 Å². The van der Waals surface area contributed by atoms with Crippen LogP contribution in [0.1, 0.15) is 46.5 Å². The van der Waals surface area contributed by atoms with Crippen LogP contribution >= 0.6 is 0 Å². The van der Waals surface area contributed by atoms with Crippen LogP contribution in [-0.2, 0) is 0 Å². The number of hydrogen-bond acceptors (Lipinski definition) is 2. The van der Waals surface area contributed by atoms with Crippen LogP contribution in [0, 0.1) is 5.92 Å². The number of rotatable bonds is 5. The zero-order valence-corrected chi connectivity index (χ0v) is 10.7. The van der Waals surface area contributed by atoms with Crippen LogP contribution in [0.3, 0.4) is 0 Å². The zero-order chi connectivity index (χ0) is 11.3. The Hall–Kier alpha value is -0.500. The Bertz CT molecular complexity index is 213. The normalized spacial score (nSPS) is 19.5. The number of nitrogens with one attached hydrogen (secondary N) is 2. The smallest absolute Gasteiger partial charge is 0.0258 e. The fraction of sp³-hybridized carbons (Fsp3) is 0.846. The van der Waals surface area contributed by atoms with Crippen LogP contribution in [0.5, 0.6) is 0 Å². The minimum atomic E-state index is 0.610. The third-order valence-electron chi connectivity index (χ3n) is 3.19.